The molecule has 0 aliphatic rings. The fraction of sp³-hybridized carbons (Fsp3) is 0.208. The first kappa shape index (κ1) is 23.5. The number of benzene rings is 2. The van der Waals surface area contributed by atoms with Gasteiger partial charge in [-0.2, -0.15) is 10.4 Å². The first-order valence-electron chi connectivity index (χ1n) is 10.4. The molecule has 0 fully saturated rings. The van der Waals surface area contributed by atoms with Gasteiger partial charge in [0.15, 0.2) is 5.82 Å². The first-order chi connectivity index (χ1) is 16.1. The molecule has 0 bridgehead atoms. The minimum atomic E-state index is -3.88. The van der Waals surface area contributed by atoms with E-state index in [1.54, 1.807) is 11.4 Å². The highest BCUT2D eigenvalue weighted by molar-refractivity contribution is 7.92. The van der Waals surface area contributed by atoms with Crippen LogP contribution in [0.25, 0.3) is 0 Å². The number of hydrogen-bond donors (Lipinski definition) is 1. The molecular formula is C24H23N5O3S2. The third-order valence-corrected chi connectivity index (χ3v) is 6.84. The zero-order chi connectivity index (χ0) is 24.3. The minimum absolute atomic E-state index is 0.0485. The zero-order valence-electron chi connectivity index (χ0n) is 18.9. The van der Waals surface area contributed by atoms with Gasteiger partial charge < -0.3 is 4.74 Å². The number of nitrogens with zero attached hydrogens (tertiary/aromatic N) is 4. The van der Waals surface area contributed by atoms with Gasteiger partial charge in [-0.3, -0.25) is 9.40 Å². The van der Waals surface area contributed by atoms with Crippen molar-refractivity contribution < 1.29 is 13.2 Å². The molecule has 0 spiro atoms. The lowest BCUT2D eigenvalue weighted by molar-refractivity contribution is 0.353. The van der Waals surface area contributed by atoms with E-state index in [2.05, 4.69) is 35.6 Å². The molecule has 0 amide bonds. The Morgan fingerprint density at radius 2 is 2.00 bits per heavy atom. The van der Waals surface area contributed by atoms with Crippen molar-refractivity contribution in [2.75, 3.05) is 4.72 Å². The Labute approximate surface area is 202 Å². The van der Waals surface area contributed by atoms with Gasteiger partial charge in [0.25, 0.3) is 10.0 Å². The molecule has 0 radical (unpaired) electrons. The molecule has 1 N–H and O–H groups in total. The van der Waals surface area contributed by atoms with E-state index in [1.807, 2.05) is 41.2 Å². The van der Waals surface area contributed by atoms with Crippen LogP contribution in [-0.4, -0.2) is 23.2 Å². The summed E-state index contributed by atoms with van der Waals surface area (Å²) in [6.45, 7) is 6.28. The van der Waals surface area contributed by atoms with Crippen LogP contribution in [-0.2, 0) is 22.0 Å². The zero-order valence-corrected chi connectivity index (χ0v) is 20.5. The summed E-state index contributed by atoms with van der Waals surface area (Å²) in [5.74, 6) is 1.04. The number of rotatable bonds is 7. The summed E-state index contributed by atoms with van der Waals surface area (Å²) in [6, 6.07) is 15.7. The molecule has 0 saturated heterocycles. The number of aromatic nitrogens is 3. The monoisotopic (exact) mass is 493 g/mol. The van der Waals surface area contributed by atoms with Crippen LogP contribution in [0.2, 0.25) is 0 Å². The van der Waals surface area contributed by atoms with E-state index < -0.39 is 10.0 Å². The number of anilines is 1. The quantitative estimate of drug-likeness (QED) is 0.381. The third-order valence-electron chi connectivity index (χ3n) is 4.90. The van der Waals surface area contributed by atoms with Crippen molar-refractivity contribution in [3.63, 3.8) is 0 Å². The van der Waals surface area contributed by atoms with Crippen LogP contribution in [0.5, 0.6) is 11.5 Å². The van der Waals surface area contributed by atoms with Gasteiger partial charge in [-0.25, -0.2) is 13.4 Å². The van der Waals surface area contributed by atoms with E-state index in [9.17, 15) is 13.7 Å². The van der Waals surface area contributed by atoms with Gasteiger partial charge >= 0.3 is 0 Å². The van der Waals surface area contributed by atoms with Crippen molar-refractivity contribution in [2.24, 2.45) is 0 Å². The molecule has 2 aromatic carbocycles. The molecular weight excluding hydrogens is 470 g/mol. The van der Waals surface area contributed by atoms with Gasteiger partial charge in [0.2, 0.25) is 0 Å². The SMILES string of the molecule is CC(C)(C)n1ccc(Cc2cccc(Oc3ccc(S(=O)(=O)Nc4cscn4)cc3C#N)c2)n1. The average molecular weight is 494 g/mol. The molecule has 2 heterocycles. The topological polar surface area (TPSA) is 110 Å². The lowest BCUT2D eigenvalue weighted by Gasteiger charge is -2.18. The molecule has 10 heteroatoms. The van der Waals surface area contributed by atoms with E-state index >= 15 is 0 Å². The third kappa shape index (κ3) is 5.44. The largest absolute Gasteiger partial charge is 0.456 e. The number of ether oxygens (including phenoxy) is 1. The summed E-state index contributed by atoms with van der Waals surface area (Å²) >= 11 is 1.27. The maximum atomic E-state index is 12.6. The molecule has 0 atom stereocenters. The number of thiazole rings is 1. The average Bonchev–Trinajstić information content (AvgIpc) is 3.46. The summed E-state index contributed by atoms with van der Waals surface area (Å²) in [6.07, 6.45) is 2.60. The molecule has 174 valence electrons. The maximum Gasteiger partial charge on any atom is 0.263 e. The maximum absolute atomic E-state index is 12.6. The standard InChI is InChI=1S/C24H23N5O3S2/c1-24(2,3)29-10-9-19(27-29)11-17-5-4-6-20(12-17)32-22-8-7-21(13-18(22)14-25)34(30,31)28-23-15-33-16-26-23/h4-10,12-13,15-16,28H,11H2,1-3H3. The lowest BCUT2D eigenvalue weighted by atomic mass is 10.1. The fourth-order valence-corrected chi connectivity index (χ4v) is 4.78. The van der Waals surface area contributed by atoms with Crippen molar-refractivity contribution in [3.05, 3.63) is 82.4 Å². The highest BCUT2D eigenvalue weighted by Gasteiger charge is 2.18. The van der Waals surface area contributed by atoms with Crippen LogP contribution in [0.15, 0.2) is 70.5 Å². The smallest absolute Gasteiger partial charge is 0.263 e. The van der Waals surface area contributed by atoms with Gasteiger partial charge in [0.05, 0.1) is 27.2 Å². The molecule has 2 aromatic heterocycles. The van der Waals surface area contributed by atoms with Crippen LogP contribution >= 0.6 is 11.3 Å². The molecule has 0 unspecified atom stereocenters. The number of sulfonamides is 1. The summed E-state index contributed by atoms with van der Waals surface area (Å²) in [7, 11) is -3.88. The van der Waals surface area contributed by atoms with Crippen molar-refractivity contribution in [3.8, 4) is 17.6 Å². The highest BCUT2D eigenvalue weighted by atomic mass is 32.2. The number of nitriles is 1. The van der Waals surface area contributed by atoms with E-state index in [1.165, 1.54) is 35.0 Å². The van der Waals surface area contributed by atoms with E-state index in [4.69, 9.17) is 4.74 Å². The van der Waals surface area contributed by atoms with Crippen LogP contribution in [0.4, 0.5) is 5.82 Å². The lowest BCUT2D eigenvalue weighted by Crippen LogP contribution is -2.22. The highest BCUT2D eigenvalue weighted by Crippen LogP contribution is 2.29. The van der Waals surface area contributed by atoms with Gasteiger partial charge in [-0.1, -0.05) is 12.1 Å². The van der Waals surface area contributed by atoms with E-state index in [-0.39, 0.29) is 27.6 Å². The predicted octanol–water partition coefficient (Wildman–Crippen LogP) is 5.15. The van der Waals surface area contributed by atoms with Crippen LogP contribution in [0.1, 0.15) is 37.6 Å². The summed E-state index contributed by atoms with van der Waals surface area (Å²) < 4.78 is 35.5. The van der Waals surface area contributed by atoms with Crippen molar-refractivity contribution in [1.29, 1.82) is 5.26 Å². The predicted molar refractivity (Wildman–Crippen MR) is 131 cm³/mol. The van der Waals surface area contributed by atoms with Crippen LogP contribution in [0, 0.1) is 11.3 Å². The van der Waals surface area contributed by atoms with Crippen molar-refractivity contribution in [1.82, 2.24) is 14.8 Å². The number of nitrogens with one attached hydrogen (secondary N) is 1. The second-order valence-corrected chi connectivity index (χ2v) is 11.0. The molecule has 4 rings (SSSR count). The van der Waals surface area contributed by atoms with Gasteiger partial charge in [0.1, 0.15) is 17.6 Å². The van der Waals surface area contributed by atoms with E-state index in [0.29, 0.717) is 12.2 Å². The first-order valence-corrected chi connectivity index (χ1v) is 12.8. The molecule has 0 aliphatic carbocycles. The van der Waals surface area contributed by atoms with Crippen molar-refractivity contribution in [2.45, 2.75) is 37.6 Å². The Bertz CT molecular complexity index is 1450. The normalized spacial score (nSPS) is 11.7. The van der Waals surface area contributed by atoms with Gasteiger partial charge in [0, 0.05) is 18.0 Å². The second-order valence-electron chi connectivity index (χ2n) is 8.60. The Morgan fingerprint density at radius 3 is 2.68 bits per heavy atom. The Morgan fingerprint density at radius 1 is 1.18 bits per heavy atom. The Balaban J connectivity index is 1.52. The molecule has 4 aromatic rings. The summed E-state index contributed by atoms with van der Waals surface area (Å²) in [5.41, 5.74) is 3.48. The molecule has 0 saturated carbocycles. The summed E-state index contributed by atoms with van der Waals surface area (Å²) in [4.78, 5) is 3.88. The van der Waals surface area contributed by atoms with E-state index in [0.717, 1.165) is 11.3 Å². The van der Waals surface area contributed by atoms with Gasteiger partial charge in [-0.15, -0.1) is 11.3 Å². The molecule has 0 aliphatic heterocycles. The minimum Gasteiger partial charge on any atom is -0.456 e. The van der Waals surface area contributed by atoms with Crippen LogP contribution < -0.4 is 9.46 Å². The van der Waals surface area contributed by atoms with Crippen molar-refractivity contribution >= 4 is 27.2 Å². The molecule has 34 heavy (non-hydrogen) atoms. The van der Waals surface area contributed by atoms with Crippen LogP contribution in [0.3, 0.4) is 0 Å². The Kier molecular flexibility index (Phi) is 6.41. The Hall–Kier alpha value is -3.68. The fourth-order valence-electron chi connectivity index (χ4n) is 3.20. The number of hydrogen-bond acceptors (Lipinski definition) is 7. The second kappa shape index (κ2) is 9.29. The van der Waals surface area contributed by atoms with Gasteiger partial charge in [-0.05, 0) is 62.7 Å². The summed E-state index contributed by atoms with van der Waals surface area (Å²) in [5, 5.41) is 15.8. The molecule has 8 nitrogen and oxygen atoms in total.